The van der Waals surface area contributed by atoms with Gasteiger partial charge in [-0.1, -0.05) is 6.07 Å². The first-order valence-corrected chi connectivity index (χ1v) is 9.24. The van der Waals surface area contributed by atoms with Gasteiger partial charge < -0.3 is 5.32 Å². The summed E-state index contributed by atoms with van der Waals surface area (Å²) in [7, 11) is -3.40. The molecule has 0 radical (unpaired) electrons. The molecular formula is C13H20N2O2S2. The van der Waals surface area contributed by atoms with Crippen molar-refractivity contribution in [3.05, 3.63) is 29.3 Å². The maximum atomic E-state index is 12.3. The standard InChI is InChI=1S/C13H20N2O2S2/c1-10(5-6-18-2)15-19(16,17)13-4-3-11-8-14-9-12(11)7-13/h3-4,7,10,14-15H,5-6,8-9H2,1-2H3. The minimum atomic E-state index is -3.40. The van der Waals surface area contributed by atoms with Gasteiger partial charge in [0.15, 0.2) is 0 Å². The van der Waals surface area contributed by atoms with Crippen molar-refractivity contribution in [3.8, 4) is 0 Å². The Kier molecular flexibility index (Phi) is 4.89. The number of sulfonamides is 1. The molecule has 1 heterocycles. The van der Waals surface area contributed by atoms with Crippen LogP contribution >= 0.6 is 11.8 Å². The predicted octanol–water partition coefficient (Wildman–Crippen LogP) is 1.71. The van der Waals surface area contributed by atoms with E-state index >= 15 is 0 Å². The molecule has 1 unspecified atom stereocenters. The Morgan fingerprint density at radius 1 is 1.37 bits per heavy atom. The van der Waals surface area contributed by atoms with E-state index in [-0.39, 0.29) is 6.04 Å². The van der Waals surface area contributed by atoms with E-state index in [1.165, 1.54) is 5.56 Å². The molecule has 0 bridgehead atoms. The molecule has 106 valence electrons. The number of rotatable bonds is 6. The highest BCUT2D eigenvalue weighted by molar-refractivity contribution is 7.98. The average Bonchev–Trinajstić information content (AvgIpc) is 2.82. The van der Waals surface area contributed by atoms with Gasteiger partial charge in [0.2, 0.25) is 10.0 Å². The third-order valence-electron chi connectivity index (χ3n) is 3.23. The molecule has 1 aromatic rings. The molecule has 2 rings (SSSR count). The Hall–Kier alpha value is -0.560. The van der Waals surface area contributed by atoms with Crippen molar-refractivity contribution in [2.45, 2.75) is 37.4 Å². The van der Waals surface area contributed by atoms with Crippen molar-refractivity contribution in [1.82, 2.24) is 10.0 Å². The zero-order valence-corrected chi connectivity index (χ0v) is 12.9. The topological polar surface area (TPSA) is 58.2 Å². The summed E-state index contributed by atoms with van der Waals surface area (Å²) in [6.07, 6.45) is 2.86. The Bertz CT molecular complexity index is 544. The number of hydrogen-bond acceptors (Lipinski definition) is 4. The minimum absolute atomic E-state index is 0.0381. The van der Waals surface area contributed by atoms with Gasteiger partial charge in [-0.3, -0.25) is 0 Å². The van der Waals surface area contributed by atoms with Crippen LogP contribution in [0.4, 0.5) is 0 Å². The predicted molar refractivity (Wildman–Crippen MR) is 79.8 cm³/mol. The summed E-state index contributed by atoms with van der Waals surface area (Å²) >= 11 is 1.72. The fraction of sp³-hybridized carbons (Fsp3) is 0.538. The molecule has 1 aliphatic heterocycles. The van der Waals surface area contributed by atoms with Crippen LogP contribution in [-0.2, 0) is 23.1 Å². The summed E-state index contributed by atoms with van der Waals surface area (Å²) < 4.78 is 27.3. The Balaban J connectivity index is 2.11. The molecule has 1 aliphatic rings. The number of nitrogens with one attached hydrogen (secondary N) is 2. The lowest BCUT2D eigenvalue weighted by atomic mass is 10.1. The van der Waals surface area contributed by atoms with Crippen LogP contribution in [0.5, 0.6) is 0 Å². The maximum Gasteiger partial charge on any atom is 0.240 e. The minimum Gasteiger partial charge on any atom is -0.309 e. The molecule has 0 amide bonds. The maximum absolute atomic E-state index is 12.3. The molecule has 0 spiro atoms. The Morgan fingerprint density at radius 3 is 2.84 bits per heavy atom. The fourth-order valence-electron chi connectivity index (χ4n) is 2.12. The Labute approximate surface area is 119 Å². The van der Waals surface area contributed by atoms with Gasteiger partial charge in [-0.25, -0.2) is 13.1 Å². The van der Waals surface area contributed by atoms with Crippen LogP contribution in [0.1, 0.15) is 24.5 Å². The quantitative estimate of drug-likeness (QED) is 0.840. The molecule has 0 aliphatic carbocycles. The highest BCUT2D eigenvalue weighted by Gasteiger charge is 2.19. The summed E-state index contributed by atoms with van der Waals surface area (Å²) in [5.74, 6) is 0.956. The van der Waals surface area contributed by atoms with Crippen molar-refractivity contribution in [2.75, 3.05) is 12.0 Å². The van der Waals surface area contributed by atoms with E-state index in [9.17, 15) is 8.42 Å². The highest BCUT2D eigenvalue weighted by atomic mass is 32.2. The second kappa shape index (κ2) is 6.26. The molecule has 4 nitrogen and oxygen atoms in total. The first-order chi connectivity index (χ1) is 9.03. The van der Waals surface area contributed by atoms with E-state index in [1.54, 1.807) is 23.9 Å². The lowest BCUT2D eigenvalue weighted by Gasteiger charge is -2.14. The van der Waals surface area contributed by atoms with Crippen LogP contribution in [0.25, 0.3) is 0 Å². The summed E-state index contributed by atoms with van der Waals surface area (Å²) in [5.41, 5.74) is 2.27. The van der Waals surface area contributed by atoms with Crippen LogP contribution in [0.3, 0.4) is 0 Å². The molecule has 2 N–H and O–H groups in total. The first-order valence-electron chi connectivity index (χ1n) is 6.37. The molecular weight excluding hydrogens is 280 g/mol. The zero-order chi connectivity index (χ0) is 13.9. The van der Waals surface area contributed by atoms with Crippen molar-refractivity contribution >= 4 is 21.8 Å². The zero-order valence-electron chi connectivity index (χ0n) is 11.3. The SMILES string of the molecule is CSCCC(C)NS(=O)(=O)c1ccc2c(c1)CNC2. The van der Waals surface area contributed by atoms with Crippen molar-refractivity contribution in [2.24, 2.45) is 0 Å². The van der Waals surface area contributed by atoms with Crippen LogP contribution in [0, 0.1) is 0 Å². The van der Waals surface area contributed by atoms with Gasteiger partial charge in [0.05, 0.1) is 4.90 Å². The van der Waals surface area contributed by atoms with Gasteiger partial charge >= 0.3 is 0 Å². The summed E-state index contributed by atoms with van der Waals surface area (Å²) in [6, 6.07) is 5.33. The monoisotopic (exact) mass is 300 g/mol. The van der Waals surface area contributed by atoms with Crippen LogP contribution in [0.2, 0.25) is 0 Å². The number of benzene rings is 1. The van der Waals surface area contributed by atoms with Gasteiger partial charge in [-0.2, -0.15) is 11.8 Å². The molecule has 1 atom stereocenters. The van der Waals surface area contributed by atoms with Gasteiger partial charge in [0.1, 0.15) is 0 Å². The molecule has 0 aromatic heterocycles. The number of hydrogen-bond donors (Lipinski definition) is 2. The molecule has 0 saturated heterocycles. The van der Waals surface area contributed by atoms with Gasteiger partial charge in [-0.15, -0.1) is 0 Å². The number of thioether (sulfide) groups is 1. The first kappa shape index (κ1) is 14.8. The van der Waals surface area contributed by atoms with Gasteiger partial charge in [-0.05, 0) is 48.6 Å². The van der Waals surface area contributed by atoms with E-state index in [2.05, 4.69) is 10.0 Å². The third kappa shape index (κ3) is 3.72. The molecule has 1 aromatic carbocycles. The second-order valence-corrected chi connectivity index (χ2v) is 7.54. The fourth-order valence-corrected chi connectivity index (χ4v) is 4.04. The largest absolute Gasteiger partial charge is 0.309 e. The van der Waals surface area contributed by atoms with E-state index in [1.807, 2.05) is 19.2 Å². The molecule has 0 saturated carbocycles. The lowest BCUT2D eigenvalue weighted by molar-refractivity contribution is 0.557. The summed E-state index contributed by atoms with van der Waals surface area (Å²) in [5, 5.41) is 3.22. The van der Waals surface area contributed by atoms with Crippen molar-refractivity contribution < 1.29 is 8.42 Å². The molecule has 19 heavy (non-hydrogen) atoms. The Morgan fingerprint density at radius 2 is 2.11 bits per heavy atom. The smallest absolute Gasteiger partial charge is 0.240 e. The van der Waals surface area contributed by atoms with Gasteiger partial charge in [0, 0.05) is 19.1 Å². The van der Waals surface area contributed by atoms with E-state index in [4.69, 9.17) is 0 Å². The lowest BCUT2D eigenvalue weighted by Crippen LogP contribution is -2.33. The van der Waals surface area contributed by atoms with Crippen LogP contribution < -0.4 is 10.0 Å². The van der Waals surface area contributed by atoms with Crippen molar-refractivity contribution in [1.29, 1.82) is 0 Å². The normalized spacial score (nSPS) is 16.3. The van der Waals surface area contributed by atoms with Crippen LogP contribution in [0.15, 0.2) is 23.1 Å². The van der Waals surface area contributed by atoms with Gasteiger partial charge in [0.25, 0.3) is 0 Å². The average molecular weight is 300 g/mol. The number of fused-ring (bicyclic) bond motifs is 1. The van der Waals surface area contributed by atoms with E-state index in [0.717, 1.165) is 30.8 Å². The van der Waals surface area contributed by atoms with Crippen LogP contribution in [-0.4, -0.2) is 26.5 Å². The van der Waals surface area contributed by atoms with Crippen molar-refractivity contribution in [3.63, 3.8) is 0 Å². The molecule has 6 heteroatoms. The second-order valence-electron chi connectivity index (χ2n) is 4.84. The van der Waals surface area contributed by atoms with E-state index in [0.29, 0.717) is 4.90 Å². The third-order valence-corrected chi connectivity index (χ3v) is 5.46. The summed E-state index contributed by atoms with van der Waals surface area (Å²) in [4.78, 5) is 0.367. The summed E-state index contributed by atoms with van der Waals surface area (Å²) in [6.45, 7) is 3.48. The highest BCUT2D eigenvalue weighted by Crippen LogP contribution is 2.20. The molecule has 0 fully saturated rings. The van der Waals surface area contributed by atoms with E-state index < -0.39 is 10.0 Å².